The molecule has 4 unspecified atom stereocenters. The molecule has 14 rings (SSSR count). The summed E-state index contributed by atoms with van der Waals surface area (Å²) in [7, 11) is 0. The second-order valence-electron chi connectivity index (χ2n) is 34.0. The Morgan fingerprint density at radius 2 is 0.664 bits per heavy atom. The van der Waals surface area contributed by atoms with Crippen molar-refractivity contribution in [2.75, 3.05) is 0 Å². The van der Waals surface area contributed by atoms with Crippen molar-refractivity contribution in [1.82, 2.24) is 20.6 Å². The minimum Gasteiger partial charge on any atom is -0.481 e. The van der Waals surface area contributed by atoms with Crippen LogP contribution in [0.25, 0.3) is 34.4 Å². The predicted molar refractivity (Wildman–Crippen MR) is 494 cm³/mol. The maximum absolute atomic E-state index is 14.1. The van der Waals surface area contributed by atoms with Crippen molar-refractivity contribution in [3.05, 3.63) is 289 Å². The Bertz CT molecular complexity index is 5290. The van der Waals surface area contributed by atoms with Crippen LogP contribution in [-0.2, 0) is 41.9 Å². The molecule has 618 valence electrons. The summed E-state index contributed by atoms with van der Waals surface area (Å²) in [5.74, 6) is -1.60. The Labute approximate surface area is 721 Å². The number of carboxylic acids is 2. The minimum absolute atomic E-state index is 0. The van der Waals surface area contributed by atoms with Gasteiger partial charge in [0.25, 0.3) is 0 Å². The Morgan fingerprint density at radius 3 is 0.966 bits per heavy atom. The molecule has 13 heteroatoms. The third kappa shape index (κ3) is 17.0. The number of H-pyrrole nitrogens is 2. The summed E-state index contributed by atoms with van der Waals surface area (Å²) in [6.45, 7) is 35.3. The van der Waals surface area contributed by atoms with Crippen LogP contribution in [0.3, 0.4) is 0 Å². The number of aromatic nitrogens is 2. The number of aliphatic carboxylic acids is 2. The van der Waals surface area contributed by atoms with E-state index in [1.54, 1.807) is 0 Å². The molecule has 0 fully saturated rings. The van der Waals surface area contributed by atoms with Gasteiger partial charge in [0.05, 0.1) is 68.4 Å². The van der Waals surface area contributed by atoms with Crippen molar-refractivity contribution >= 4 is 69.2 Å². The summed E-state index contributed by atoms with van der Waals surface area (Å²) in [5.41, 5.74) is 31.7. The van der Waals surface area contributed by atoms with E-state index in [1.807, 2.05) is 12.1 Å². The van der Waals surface area contributed by atoms with E-state index in [9.17, 15) is 19.8 Å². The summed E-state index contributed by atoms with van der Waals surface area (Å²) >= 11 is 0. The standard InChI is InChI=1S/2C53H64N4O2.Zn/c2*1-9-13-27-39-33(5)48-46(37-23-19-17-20-24-37)49-35(7)41(29-15-11-3)44(56-49)32-45-53(52(58)59,30-16-12-4)36(8)51(57-45)47(38-25-21-18-22-26-38)50-34(6)40(28-14-10-2)43(55-50)31-42(39)54-48;/h2*17-26,31-32,45,54,57H,9-16,27-30H2,1-8H3,(H,58,59);/b2*42-31-,44-32-,48-46-,50-47-;. The van der Waals surface area contributed by atoms with Crippen LogP contribution in [-0.4, -0.2) is 67.1 Å². The van der Waals surface area contributed by atoms with Crippen molar-refractivity contribution < 1.29 is 39.3 Å². The number of unbranched alkanes of at least 4 members (excludes halogenated alkanes) is 8. The number of aromatic amines is 2. The second kappa shape index (κ2) is 39.1. The van der Waals surface area contributed by atoms with Crippen molar-refractivity contribution in [3.8, 4) is 0 Å². The third-order valence-electron chi connectivity index (χ3n) is 26.7. The molecule has 0 saturated carbocycles. The molecule has 8 aliphatic rings. The van der Waals surface area contributed by atoms with E-state index in [1.165, 1.54) is 44.5 Å². The van der Waals surface area contributed by atoms with E-state index in [0.29, 0.717) is 12.8 Å². The van der Waals surface area contributed by atoms with E-state index in [2.05, 4.69) is 265 Å². The van der Waals surface area contributed by atoms with Gasteiger partial charge in [-0.25, -0.2) is 20.0 Å². The number of fused-ring (bicyclic) bond motifs is 12. The van der Waals surface area contributed by atoms with Crippen LogP contribution < -0.4 is 32.0 Å². The van der Waals surface area contributed by atoms with Crippen molar-refractivity contribution in [1.29, 1.82) is 0 Å². The van der Waals surface area contributed by atoms with Crippen LogP contribution in [0.1, 0.15) is 283 Å². The number of nitrogens with one attached hydrogen (secondary N) is 4. The first kappa shape index (κ1) is 88.4. The molecule has 6 N–H and O–H groups in total. The summed E-state index contributed by atoms with van der Waals surface area (Å²) in [6.07, 6.45) is 31.7. The molecule has 2 aromatic heterocycles. The fraction of sp³-hybridized carbons (Fsp3) is 0.415. The third-order valence-corrected chi connectivity index (χ3v) is 26.7. The topological polar surface area (TPSA) is 180 Å². The molecule has 0 amide bonds. The average molecular weight is 1640 g/mol. The summed E-state index contributed by atoms with van der Waals surface area (Å²) in [6, 6.07) is 41.3. The molecule has 119 heavy (non-hydrogen) atoms. The fourth-order valence-electron chi connectivity index (χ4n) is 19.6. The normalized spacial score (nSPS) is 23.7. The van der Waals surface area contributed by atoms with Gasteiger partial charge in [-0.1, -0.05) is 241 Å². The molecular weight excluding hydrogens is 1510 g/mol. The first-order valence-corrected chi connectivity index (χ1v) is 44.8. The van der Waals surface area contributed by atoms with Gasteiger partial charge in [-0.2, -0.15) is 0 Å². The number of aliphatic imine (C=N–C) groups is 4. The van der Waals surface area contributed by atoms with Gasteiger partial charge in [0.2, 0.25) is 0 Å². The molecule has 6 aromatic rings. The number of carbonyl (C=O) groups is 2. The molecule has 12 nitrogen and oxygen atoms in total. The Hall–Kier alpha value is -9.84. The van der Waals surface area contributed by atoms with Crippen LogP contribution in [0.2, 0.25) is 0 Å². The number of allylic oxidation sites excluding steroid dienone is 10. The number of benzene rings is 4. The molecule has 0 spiro atoms. The molecule has 16 bridgehead atoms. The molecule has 4 aromatic carbocycles. The van der Waals surface area contributed by atoms with Gasteiger partial charge in [0, 0.05) is 63.9 Å². The predicted octanol–water partition coefficient (Wildman–Crippen LogP) is 22.8. The van der Waals surface area contributed by atoms with Crippen LogP contribution in [0, 0.1) is 24.7 Å². The zero-order valence-corrected chi connectivity index (χ0v) is 77.2. The largest absolute Gasteiger partial charge is 0.481 e. The van der Waals surface area contributed by atoms with Gasteiger partial charge in [-0.3, -0.25) is 9.59 Å². The van der Waals surface area contributed by atoms with E-state index >= 15 is 0 Å². The molecule has 0 aliphatic carbocycles. The van der Waals surface area contributed by atoms with Crippen molar-refractivity contribution in [2.24, 2.45) is 30.8 Å². The first-order valence-electron chi connectivity index (χ1n) is 44.8. The molecule has 8 aliphatic heterocycles. The Balaban J connectivity index is 0.000000217. The van der Waals surface area contributed by atoms with Crippen LogP contribution in [0.15, 0.2) is 243 Å². The zero-order valence-electron chi connectivity index (χ0n) is 74.2. The number of hydrogen-bond donors (Lipinski definition) is 6. The number of hydrogen-bond acceptors (Lipinski definition) is 8. The smallest absolute Gasteiger partial charge is 0.316 e. The Kier molecular flexibility index (Phi) is 29.1. The van der Waals surface area contributed by atoms with Gasteiger partial charge in [0.1, 0.15) is 10.8 Å². The molecule has 10 heterocycles. The summed E-state index contributed by atoms with van der Waals surface area (Å²) in [4.78, 5) is 58.8. The number of nitrogens with zero attached hydrogens (tertiary/aromatic N) is 4. The summed E-state index contributed by atoms with van der Waals surface area (Å²) < 4.78 is 0. The van der Waals surface area contributed by atoms with Gasteiger partial charge in [-0.05, 0) is 270 Å². The Morgan fingerprint density at radius 1 is 0.370 bits per heavy atom. The van der Waals surface area contributed by atoms with Crippen LogP contribution in [0.5, 0.6) is 0 Å². The molecule has 0 saturated heterocycles. The summed E-state index contributed by atoms with van der Waals surface area (Å²) in [5, 5.41) is 35.4. The van der Waals surface area contributed by atoms with Crippen molar-refractivity contribution in [2.45, 2.75) is 277 Å². The molecule has 4 atom stereocenters. The average Bonchev–Trinajstić information content (AvgIpc) is 1.57. The second-order valence-corrected chi connectivity index (χ2v) is 34.0. The monoisotopic (exact) mass is 1640 g/mol. The van der Waals surface area contributed by atoms with E-state index in [-0.39, 0.29) is 19.5 Å². The number of rotatable bonds is 30. The van der Waals surface area contributed by atoms with Crippen molar-refractivity contribution in [3.63, 3.8) is 0 Å². The van der Waals surface area contributed by atoms with E-state index in [0.717, 1.165) is 298 Å². The van der Waals surface area contributed by atoms with Crippen LogP contribution in [0.4, 0.5) is 0 Å². The SMILES string of the molecule is CCCCC1=C(C)/C2=C(\c3ccccc3)C3=C(C)C(CCCC)(C(=O)O)C(/C=C4N=C(C(C)=C\4CCCC)/C(c4ccccc4)=c4\[nH]/c(c(CCCC)c4C)=C\C1=N2)N3.CCCCC1=C(C)/C2=C(\c3ccccc3)C3=C(C)C(CCCC)(C(=O)O)C(/C=C4N=C(C(C)=C\4CCCC)/C(c4ccccc4)=c4\[nH]/c(c(CCCC)c4C)=C\C1=N2)N3.[Zn]. The molecule has 0 radical (unpaired) electrons. The van der Waals surface area contributed by atoms with E-state index in [4.69, 9.17) is 20.0 Å². The zero-order chi connectivity index (χ0) is 83.7. The molecular formula is C106H128N8O4Zn. The van der Waals surface area contributed by atoms with Gasteiger partial charge < -0.3 is 30.8 Å². The van der Waals surface area contributed by atoms with E-state index < -0.39 is 34.9 Å². The van der Waals surface area contributed by atoms with Gasteiger partial charge >= 0.3 is 11.9 Å². The quantitative estimate of drug-likeness (QED) is 0.0244. The van der Waals surface area contributed by atoms with Crippen LogP contribution >= 0.6 is 0 Å². The maximum Gasteiger partial charge on any atom is 0.316 e. The first-order chi connectivity index (χ1) is 57.2. The fourth-order valence-corrected chi connectivity index (χ4v) is 19.6. The van der Waals surface area contributed by atoms with Gasteiger partial charge in [-0.15, -0.1) is 0 Å². The minimum atomic E-state index is -1.18. The number of carboxylic acid groups (broad SMARTS) is 2. The van der Waals surface area contributed by atoms with Gasteiger partial charge in [0.15, 0.2) is 0 Å². The maximum atomic E-state index is 14.1.